The van der Waals surface area contributed by atoms with Crippen LogP contribution in [0.3, 0.4) is 0 Å². The highest BCUT2D eigenvalue weighted by Crippen LogP contribution is 2.30. The van der Waals surface area contributed by atoms with E-state index in [2.05, 4.69) is 4.72 Å². The van der Waals surface area contributed by atoms with Crippen molar-refractivity contribution in [3.8, 4) is 11.5 Å². The molecule has 0 atom stereocenters. The number of hydrogen-bond donors (Lipinski definition) is 1. The molecule has 0 saturated heterocycles. The van der Waals surface area contributed by atoms with E-state index in [1.54, 1.807) is 48.4 Å². The van der Waals surface area contributed by atoms with Gasteiger partial charge in [0, 0.05) is 31.8 Å². The van der Waals surface area contributed by atoms with E-state index in [-0.39, 0.29) is 24.0 Å². The van der Waals surface area contributed by atoms with Crippen molar-refractivity contribution in [3.05, 3.63) is 48.0 Å². The van der Waals surface area contributed by atoms with Crippen LogP contribution in [0.2, 0.25) is 0 Å². The lowest BCUT2D eigenvalue weighted by atomic mass is 10.2. The molecule has 0 aromatic heterocycles. The third-order valence-electron chi connectivity index (χ3n) is 4.34. The van der Waals surface area contributed by atoms with E-state index in [0.717, 1.165) is 11.3 Å². The molecular formula is C19H22N2O5S. The molecule has 0 fully saturated rings. The second-order valence-corrected chi connectivity index (χ2v) is 7.90. The Morgan fingerprint density at radius 2 is 1.96 bits per heavy atom. The molecule has 1 aliphatic heterocycles. The number of benzene rings is 2. The Morgan fingerprint density at radius 3 is 2.70 bits per heavy atom. The van der Waals surface area contributed by atoms with Crippen molar-refractivity contribution in [2.24, 2.45) is 0 Å². The minimum atomic E-state index is -3.64. The topological polar surface area (TPSA) is 84.9 Å². The molecule has 0 aliphatic carbocycles. The standard InChI is InChI=1S/C19H22N2O5S/c1-14(22)21-10-8-15-12-18(6-7-19(15)21)27(23,24)20-9-11-26-17-5-3-4-16(13-17)25-2/h3-7,12-13,20H,8-11H2,1-2H3. The van der Waals surface area contributed by atoms with Gasteiger partial charge in [-0.15, -0.1) is 0 Å². The molecule has 0 spiro atoms. The van der Waals surface area contributed by atoms with Crippen LogP contribution in [-0.2, 0) is 21.2 Å². The maximum absolute atomic E-state index is 12.5. The monoisotopic (exact) mass is 390 g/mol. The molecule has 1 N–H and O–H groups in total. The Hall–Kier alpha value is -2.58. The lowest BCUT2D eigenvalue weighted by Crippen LogP contribution is -2.28. The molecular weight excluding hydrogens is 368 g/mol. The minimum absolute atomic E-state index is 0.0443. The largest absolute Gasteiger partial charge is 0.497 e. The summed E-state index contributed by atoms with van der Waals surface area (Å²) >= 11 is 0. The summed E-state index contributed by atoms with van der Waals surface area (Å²) in [6.45, 7) is 2.41. The number of methoxy groups -OCH3 is 1. The first-order valence-corrected chi connectivity index (χ1v) is 10.1. The Labute approximate surface area is 158 Å². The number of carbonyl (C=O) groups excluding carboxylic acids is 1. The third kappa shape index (κ3) is 4.40. The number of anilines is 1. The molecule has 1 heterocycles. The molecule has 1 aliphatic rings. The van der Waals surface area contributed by atoms with E-state index in [0.29, 0.717) is 24.5 Å². The van der Waals surface area contributed by atoms with E-state index in [9.17, 15) is 13.2 Å². The van der Waals surface area contributed by atoms with Gasteiger partial charge in [-0.05, 0) is 42.3 Å². The predicted molar refractivity (Wildman–Crippen MR) is 102 cm³/mol. The summed E-state index contributed by atoms with van der Waals surface area (Å²) in [5.41, 5.74) is 1.64. The van der Waals surface area contributed by atoms with Gasteiger partial charge in [-0.2, -0.15) is 0 Å². The molecule has 1 amide bonds. The Kier molecular flexibility index (Phi) is 5.67. The van der Waals surface area contributed by atoms with Crippen LogP contribution in [0, 0.1) is 0 Å². The van der Waals surface area contributed by atoms with Gasteiger partial charge < -0.3 is 14.4 Å². The number of nitrogens with one attached hydrogen (secondary N) is 1. The van der Waals surface area contributed by atoms with Gasteiger partial charge >= 0.3 is 0 Å². The molecule has 0 saturated carbocycles. The van der Waals surface area contributed by atoms with Crippen LogP contribution in [0.5, 0.6) is 11.5 Å². The highest BCUT2D eigenvalue weighted by Gasteiger charge is 2.24. The van der Waals surface area contributed by atoms with Gasteiger partial charge in [0.1, 0.15) is 18.1 Å². The molecule has 0 bridgehead atoms. The fraction of sp³-hybridized carbons (Fsp3) is 0.316. The van der Waals surface area contributed by atoms with Crippen LogP contribution in [0.1, 0.15) is 12.5 Å². The maximum atomic E-state index is 12.5. The number of hydrogen-bond acceptors (Lipinski definition) is 5. The lowest BCUT2D eigenvalue weighted by molar-refractivity contribution is -0.116. The Balaban J connectivity index is 1.59. The fourth-order valence-electron chi connectivity index (χ4n) is 2.99. The summed E-state index contributed by atoms with van der Waals surface area (Å²) in [6, 6.07) is 11.9. The van der Waals surface area contributed by atoms with Crippen LogP contribution < -0.4 is 19.1 Å². The summed E-state index contributed by atoms with van der Waals surface area (Å²) < 4.78 is 38.2. The van der Waals surface area contributed by atoms with Gasteiger partial charge in [-0.25, -0.2) is 13.1 Å². The van der Waals surface area contributed by atoms with E-state index >= 15 is 0 Å². The van der Waals surface area contributed by atoms with Crippen LogP contribution in [0.4, 0.5) is 5.69 Å². The summed E-state index contributed by atoms with van der Waals surface area (Å²) in [7, 11) is -2.08. The van der Waals surface area contributed by atoms with Gasteiger partial charge in [0.15, 0.2) is 0 Å². The first-order chi connectivity index (χ1) is 12.9. The summed E-state index contributed by atoms with van der Waals surface area (Å²) in [5, 5.41) is 0. The van der Waals surface area contributed by atoms with E-state index in [4.69, 9.17) is 9.47 Å². The number of rotatable bonds is 7. The first-order valence-electron chi connectivity index (χ1n) is 8.58. The van der Waals surface area contributed by atoms with Crippen LogP contribution in [0.15, 0.2) is 47.4 Å². The van der Waals surface area contributed by atoms with Crippen molar-refractivity contribution in [3.63, 3.8) is 0 Å². The molecule has 7 nitrogen and oxygen atoms in total. The number of nitrogens with zero attached hydrogens (tertiary/aromatic N) is 1. The SMILES string of the molecule is COc1cccc(OCCNS(=O)(=O)c2ccc3c(c2)CCN3C(C)=O)c1. The zero-order valence-corrected chi connectivity index (χ0v) is 16.1. The second-order valence-electron chi connectivity index (χ2n) is 6.14. The van der Waals surface area contributed by atoms with Crippen LogP contribution in [0.25, 0.3) is 0 Å². The molecule has 2 aromatic rings. The lowest BCUT2D eigenvalue weighted by Gasteiger charge is -2.15. The second kappa shape index (κ2) is 7.98. The average Bonchev–Trinajstić information content (AvgIpc) is 3.09. The average molecular weight is 390 g/mol. The van der Waals surface area contributed by atoms with Crippen molar-refractivity contribution in [1.82, 2.24) is 4.72 Å². The molecule has 0 unspecified atom stereocenters. The van der Waals surface area contributed by atoms with Gasteiger partial charge in [0.2, 0.25) is 15.9 Å². The van der Waals surface area contributed by atoms with Crippen LogP contribution >= 0.6 is 0 Å². The summed E-state index contributed by atoms with van der Waals surface area (Å²) in [6.07, 6.45) is 0.650. The zero-order valence-electron chi connectivity index (χ0n) is 15.3. The number of amides is 1. The number of ether oxygens (including phenoxy) is 2. The van der Waals surface area contributed by atoms with Crippen molar-refractivity contribution in [2.45, 2.75) is 18.2 Å². The van der Waals surface area contributed by atoms with Gasteiger partial charge in [0.25, 0.3) is 0 Å². The molecule has 2 aromatic carbocycles. The smallest absolute Gasteiger partial charge is 0.240 e. The van der Waals surface area contributed by atoms with E-state index in [1.165, 1.54) is 13.0 Å². The molecule has 0 radical (unpaired) electrons. The van der Waals surface area contributed by atoms with E-state index in [1.807, 2.05) is 0 Å². The fourth-order valence-corrected chi connectivity index (χ4v) is 4.05. The molecule has 8 heteroatoms. The quantitative estimate of drug-likeness (QED) is 0.731. The zero-order chi connectivity index (χ0) is 19.4. The summed E-state index contributed by atoms with van der Waals surface area (Å²) in [5.74, 6) is 1.23. The Morgan fingerprint density at radius 1 is 1.19 bits per heavy atom. The summed E-state index contributed by atoms with van der Waals surface area (Å²) in [4.78, 5) is 13.4. The van der Waals surface area contributed by atoms with Crippen molar-refractivity contribution in [1.29, 1.82) is 0 Å². The van der Waals surface area contributed by atoms with Crippen molar-refractivity contribution < 1.29 is 22.7 Å². The van der Waals surface area contributed by atoms with Crippen molar-refractivity contribution >= 4 is 21.6 Å². The first kappa shape index (κ1) is 19.2. The molecule has 144 valence electrons. The van der Waals surface area contributed by atoms with Crippen LogP contribution in [-0.4, -0.2) is 41.1 Å². The molecule has 3 rings (SSSR count). The minimum Gasteiger partial charge on any atom is -0.497 e. The Bertz CT molecular complexity index is 943. The number of fused-ring (bicyclic) bond motifs is 1. The van der Waals surface area contributed by atoms with Gasteiger partial charge in [0.05, 0.1) is 12.0 Å². The van der Waals surface area contributed by atoms with E-state index < -0.39 is 10.0 Å². The predicted octanol–water partition coefficient (Wildman–Crippen LogP) is 1.96. The third-order valence-corrected chi connectivity index (χ3v) is 5.80. The van der Waals surface area contributed by atoms with Crippen molar-refractivity contribution in [2.75, 3.05) is 31.7 Å². The number of carbonyl (C=O) groups is 1. The number of sulfonamides is 1. The van der Waals surface area contributed by atoms with Gasteiger partial charge in [-0.1, -0.05) is 6.07 Å². The highest BCUT2D eigenvalue weighted by molar-refractivity contribution is 7.89. The van der Waals surface area contributed by atoms with Gasteiger partial charge in [-0.3, -0.25) is 4.79 Å². The normalized spacial score (nSPS) is 13.3. The highest BCUT2D eigenvalue weighted by atomic mass is 32.2. The molecule has 27 heavy (non-hydrogen) atoms. The maximum Gasteiger partial charge on any atom is 0.240 e.